The molecule has 1 aromatic carbocycles. The normalized spacial score (nSPS) is 11.4. The Morgan fingerprint density at radius 3 is 2.63 bits per heavy atom. The number of ether oxygens (including phenoxy) is 1. The highest BCUT2D eigenvalue weighted by molar-refractivity contribution is 5.37. The first kappa shape index (κ1) is 15.5. The van der Waals surface area contributed by atoms with Crippen molar-refractivity contribution in [3.8, 4) is 11.8 Å². The van der Waals surface area contributed by atoms with Crippen LogP contribution in [0, 0.1) is 23.7 Å². The molecule has 0 saturated heterocycles. The van der Waals surface area contributed by atoms with Crippen molar-refractivity contribution in [2.75, 3.05) is 27.2 Å². The Labute approximate surface area is 116 Å². The van der Waals surface area contributed by atoms with Gasteiger partial charge in [-0.25, -0.2) is 0 Å². The Kier molecular flexibility index (Phi) is 5.38. The number of hydrogen-bond acceptors (Lipinski definition) is 3. The summed E-state index contributed by atoms with van der Waals surface area (Å²) in [5, 5.41) is 9.05. The predicted octanol–water partition coefficient (Wildman–Crippen LogP) is 3.03. The van der Waals surface area contributed by atoms with Crippen molar-refractivity contribution in [3.63, 3.8) is 0 Å². The fraction of sp³-hybridized carbons (Fsp3) is 0.562. The molecule has 3 heteroatoms. The lowest BCUT2D eigenvalue weighted by Gasteiger charge is -2.24. The maximum Gasteiger partial charge on any atom is 0.122 e. The van der Waals surface area contributed by atoms with E-state index in [-0.39, 0.29) is 5.41 Å². The van der Waals surface area contributed by atoms with Gasteiger partial charge >= 0.3 is 0 Å². The molecule has 0 spiro atoms. The molecule has 19 heavy (non-hydrogen) atoms. The van der Waals surface area contributed by atoms with Crippen LogP contribution in [-0.2, 0) is 6.42 Å². The van der Waals surface area contributed by atoms with E-state index in [4.69, 9.17) is 10.00 Å². The van der Waals surface area contributed by atoms with Gasteiger partial charge in [0.15, 0.2) is 0 Å². The van der Waals surface area contributed by atoms with Gasteiger partial charge in [-0.05, 0) is 45.9 Å². The van der Waals surface area contributed by atoms with Crippen LogP contribution in [0.15, 0.2) is 18.2 Å². The summed E-state index contributed by atoms with van der Waals surface area (Å²) < 4.78 is 5.38. The van der Waals surface area contributed by atoms with E-state index < -0.39 is 0 Å². The van der Waals surface area contributed by atoms with Gasteiger partial charge in [-0.1, -0.05) is 17.7 Å². The molecule has 104 valence electrons. The Balaban J connectivity index is 2.62. The molecule has 3 nitrogen and oxygen atoms in total. The van der Waals surface area contributed by atoms with Gasteiger partial charge in [-0.2, -0.15) is 5.26 Å². The Morgan fingerprint density at radius 1 is 1.37 bits per heavy atom. The minimum atomic E-state index is -0.300. The standard InChI is InChI=1S/C16H24N2O/c1-13-6-7-15(19-5)14(10-13)8-9-18(4)12-16(2,3)11-17/h6-7,10H,8-9,12H2,1-5H3. The van der Waals surface area contributed by atoms with Gasteiger partial charge < -0.3 is 9.64 Å². The van der Waals surface area contributed by atoms with Crippen LogP contribution >= 0.6 is 0 Å². The number of aryl methyl sites for hydroxylation is 1. The van der Waals surface area contributed by atoms with Crippen LogP contribution in [0.5, 0.6) is 5.75 Å². The summed E-state index contributed by atoms with van der Waals surface area (Å²) >= 11 is 0. The zero-order valence-corrected chi connectivity index (χ0v) is 12.7. The molecule has 0 unspecified atom stereocenters. The van der Waals surface area contributed by atoms with E-state index in [1.54, 1.807) is 7.11 Å². The van der Waals surface area contributed by atoms with Gasteiger partial charge in [0.05, 0.1) is 18.6 Å². The molecule has 1 aromatic rings. The van der Waals surface area contributed by atoms with Crippen LogP contribution in [0.4, 0.5) is 0 Å². The second kappa shape index (κ2) is 6.58. The van der Waals surface area contributed by atoms with E-state index in [9.17, 15) is 0 Å². The van der Waals surface area contributed by atoms with Crippen molar-refractivity contribution in [1.82, 2.24) is 4.90 Å². The van der Waals surface area contributed by atoms with Crippen molar-refractivity contribution in [2.45, 2.75) is 27.2 Å². The number of hydrogen-bond donors (Lipinski definition) is 0. The lowest BCUT2D eigenvalue weighted by Crippen LogP contribution is -2.31. The molecule has 0 aliphatic carbocycles. The maximum atomic E-state index is 9.05. The fourth-order valence-electron chi connectivity index (χ4n) is 2.20. The summed E-state index contributed by atoms with van der Waals surface area (Å²) in [5.74, 6) is 0.943. The van der Waals surface area contributed by atoms with E-state index in [0.717, 1.165) is 25.3 Å². The molecule has 0 aromatic heterocycles. The first-order valence-electron chi connectivity index (χ1n) is 6.61. The average molecular weight is 260 g/mol. The number of benzene rings is 1. The number of nitriles is 1. The van der Waals surface area contributed by atoms with E-state index in [0.29, 0.717) is 0 Å². The van der Waals surface area contributed by atoms with Crippen molar-refractivity contribution >= 4 is 0 Å². The van der Waals surface area contributed by atoms with Gasteiger partial charge in [0.1, 0.15) is 5.75 Å². The molecule has 0 atom stereocenters. The largest absolute Gasteiger partial charge is 0.496 e. The van der Waals surface area contributed by atoms with Crippen molar-refractivity contribution in [2.24, 2.45) is 5.41 Å². The van der Waals surface area contributed by atoms with Gasteiger partial charge in [-0.15, -0.1) is 0 Å². The molecule has 0 bridgehead atoms. The van der Waals surface area contributed by atoms with E-state index >= 15 is 0 Å². The SMILES string of the molecule is COc1ccc(C)cc1CCN(C)CC(C)(C)C#N. The van der Waals surface area contributed by atoms with Crippen molar-refractivity contribution in [1.29, 1.82) is 5.26 Å². The third kappa shape index (κ3) is 4.92. The molecule has 0 amide bonds. The highest BCUT2D eigenvalue weighted by atomic mass is 16.5. The van der Waals surface area contributed by atoms with Crippen LogP contribution in [0.25, 0.3) is 0 Å². The number of rotatable bonds is 6. The number of likely N-dealkylation sites (N-methyl/N-ethyl adjacent to an activating group) is 1. The third-order valence-electron chi connectivity index (χ3n) is 3.17. The topological polar surface area (TPSA) is 36.3 Å². The zero-order valence-electron chi connectivity index (χ0n) is 12.7. The lowest BCUT2D eigenvalue weighted by atomic mass is 9.95. The summed E-state index contributed by atoms with van der Waals surface area (Å²) in [6.45, 7) is 7.72. The minimum Gasteiger partial charge on any atom is -0.496 e. The van der Waals surface area contributed by atoms with Crippen molar-refractivity contribution in [3.05, 3.63) is 29.3 Å². The monoisotopic (exact) mass is 260 g/mol. The van der Waals surface area contributed by atoms with Gasteiger partial charge in [0.25, 0.3) is 0 Å². The van der Waals surface area contributed by atoms with Crippen molar-refractivity contribution < 1.29 is 4.74 Å². The second-order valence-electron chi connectivity index (χ2n) is 5.80. The van der Waals surface area contributed by atoms with Gasteiger partial charge in [0, 0.05) is 13.1 Å². The van der Waals surface area contributed by atoms with E-state index in [1.807, 2.05) is 19.9 Å². The third-order valence-corrected chi connectivity index (χ3v) is 3.17. The molecular formula is C16H24N2O. The number of methoxy groups -OCH3 is 1. The second-order valence-corrected chi connectivity index (χ2v) is 5.80. The highest BCUT2D eigenvalue weighted by Crippen LogP contribution is 2.21. The minimum absolute atomic E-state index is 0.300. The zero-order chi connectivity index (χ0) is 14.5. The quantitative estimate of drug-likeness (QED) is 0.789. The smallest absolute Gasteiger partial charge is 0.122 e. The first-order valence-corrected chi connectivity index (χ1v) is 6.61. The van der Waals surface area contributed by atoms with Gasteiger partial charge in [-0.3, -0.25) is 0 Å². The van der Waals surface area contributed by atoms with Crippen LogP contribution < -0.4 is 4.74 Å². The van der Waals surface area contributed by atoms with E-state index in [1.165, 1.54) is 11.1 Å². The predicted molar refractivity (Wildman–Crippen MR) is 78.3 cm³/mol. The number of nitrogens with zero attached hydrogens (tertiary/aromatic N) is 2. The highest BCUT2D eigenvalue weighted by Gasteiger charge is 2.19. The lowest BCUT2D eigenvalue weighted by molar-refractivity contribution is 0.257. The molecule has 0 N–H and O–H groups in total. The molecule has 0 fully saturated rings. The molecule has 0 radical (unpaired) electrons. The maximum absolute atomic E-state index is 9.05. The summed E-state index contributed by atoms with van der Waals surface area (Å²) in [6, 6.07) is 8.58. The summed E-state index contributed by atoms with van der Waals surface area (Å²) in [7, 11) is 3.76. The summed E-state index contributed by atoms with van der Waals surface area (Å²) in [5.41, 5.74) is 2.17. The fourth-order valence-corrected chi connectivity index (χ4v) is 2.20. The summed E-state index contributed by atoms with van der Waals surface area (Å²) in [6.07, 6.45) is 0.933. The Morgan fingerprint density at radius 2 is 2.05 bits per heavy atom. The van der Waals surface area contributed by atoms with Crippen LogP contribution in [0.2, 0.25) is 0 Å². The Bertz CT molecular complexity index is 460. The molecule has 1 rings (SSSR count). The van der Waals surface area contributed by atoms with Crippen LogP contribution in [-0.4, -0.2) is 32.1 Å². The average Bonchev–Trinajstić information content (AvgIpc) is 2.36. The molecule has 0 aliphatic heterocycles. The molecule has 0 heterocycles. The first-order chi connectivity index (χ1) is 8.88. The molecule has 0 aliphatic rings. The summed E-state index contributed by atoms with van der Waals surface area (Å²) in [4.78, 5) is 2.20. The molecule has 0 saturated carbocycles. The van der Waals surface area contributed by atoms with Crippen LogP contribution in [0.3, 0.4) is 0 Å². The Hall–Kier alpha value is -1.53. The van der Waals surface area contributed by atoms with Gasteiger partial charge in [0.2, 0.25) is 0 Å². The molecular weight excluding hydrogens is 236 g/mol. The van der Waals surface area contributed by atoms with Crippen LogP contribution in [0.1, 0.15) is 25.0 Å². The van der Waals surface area contributed by atoms with E-state index in [2.05, 4.69) is 37.1 Å².